The average molecular weight is 312 g/mol. The van der Waals surface area contributed by atoms with Gasteiger partial charge in [-0.25, -0.2) is 0 Å². The number of thiocarbonyl (C=S) groups is 1. The predicted octanol–water partition coefficient (Wildman–Crippen LogP) is 2.93. The van der Waals surface area contributed by atoms with Crippen molar-refractivity contribution in [3.8, 4) is 0 Å². The quantitative estimate of drug-likeness (QED) is 0.662. The minimum atomic E-state index is -0.357. The normalized spacial score (nSPS) is 8.91. The summed E-state index contributed by atoms with van der Waals surface area (Å²) in [7, 11) is 0. The smallest absolute Gasteiger partial charge is 0.257 e. The fourth-order valence-electron chi connectivity index (χ4n) is 1.56. The fraction of sp³-hybridized carbons (Fsp3) is 0. The van der Waals surface area contributed by atoms with Crippen molar-refractivity contribution in [2.75, 3.05) is 0 Å². The summed E-state index contributed by atoms with van der Waals surface area (Å²) in [6, 6.07) is 17.3. The number of carbonyl (C=O) groups is 2. The van der Waals surface area contributed by atoms with E-state index >= 15 is 0 Å². The minimum absolute atomic E-state index is 0.0206. The maximum Gasteiger partial charge on any atom is 0.257 e. The topological polar surface area (TPSA) is 58.2 Å². The van der Waals surface area contributed by atoms with E-state index in [0.29, 0.717) is 11.1 Å². The third kappa shape index (κ3) is 5.30. The highest BCUT2D eigenvalue weighted by atomic mass is 32.1. The molecule has 0 saturated carbocycles. The van der Waals surface area contributed by atoms with Crippen LogP contribution in [0.3, 0.4) is 0 Å². The third-order valence-electron chi connectivity index (χ3n) is 2.53. The molecular weight excluding hydrogens is 296 g/mol. The molecule has 2 N–H and O–H groups in total. The van der Waals surface area contributed by atoms with E-state index in [9.17, 15) is 9.59 Å². The van der Waals surface area contributed by atoms with Gasteiger partial charge in [-0.15, -0.1) is 13.2 Å². The van der Waals surface area contributed by atoms with Gasteiger partial charge in [0.25, 0.3) is 11.8 Å². The molecule has 4 nitrogen and oxygen atoms in total. The lowest BCUT2D eigenvalue weighted by molar-refractivity contribution is 0.0968. The summed E-state index contributed by atoms with van der Waals surface area (Å²) in [5, 5.41) is 4.89. The molecular formula is C17H16N2O2S. The Morgan fingerprint density at radius 1 is 0.727 bits per heavy atom. The second-order valence-corrected chi connectivity index (χ2v) is 4.38. The van der Waals surface area contributed by atoms with Crippen molar-refractivity contribution < 1.29 is 9.59 Å². The van der Waals surface area contributed by atoms with Gasteiger partial charge in [0.2, 0.25) is 0 Å². The molecule has 0 aliphatic rings. The molecule has 112 valence electrons. The van der Waals surface area contributed by atoms with Crippen molar-refractivity contribution in [2.24, 2.45) is 0 Å². The van der Waals surface area contributed by atoms with E-state index in [0.717, 1.165) is 0 Å². The Morgan fingerprint density at radius 2 is 1.05 bits per heavy atom. The number of nitrogens with one attached hydrogen (secondary N) is 2. The Labute approximate surface area is 134 Å². The van der Waals surface area contributed by atoms with Crippen LogP contribution in [0, 0.1) is 0 Å². The fourth-order valence-corrected chi connectivity index (χ4v) is 1.75. The molecule has 0 aliphatic heterocycles. The summed E-state index contributed by atoms with van der Waals surface area (Å²) in [5.74, 6) is -0.715. The van der Waals surface area contributed by atoms with Crippen molar-refractivity contribution >= 4 is 29.1 Å². The number of benzene rings is 2. The monoisotopic (exact) mass is 312 g/mol. The molecule has 2 aromatic rings. The van der Waals surface area contributed by atoms with Crippen molar-refractivity contribution in [2.45, 2.75) is 0 Å². The summed E-state index contributed by atoms with van der Waals surface area (Å²) >= 11 is 4.94. The van der Waals surface area contributed by atoms with Crippen molar-refractivity contribution in [3.05, 3.63) is 84.9 Å². The van der Waals surface area contributed by atoms with Crippen LogP contribution in [0.1, 0.15) is 20.7 Å². The first-order valence-electron chi connectivity index (χ1n) is 6.43. The Kier molecular flexibility index (Phi) is 7.22. The lowest BCUT2D eigenvalue weighted by Gasteiger charge is -2.08. The lowest BCUT2D eigenvalue weighted by Crippen LogP contribution is -2.42. The molecule has 0 unspecified atom stereocenters. The van der Waals surface area contributed by atoms with Crippen LogP contribution in [-0.4, -0.2) is 16.9 Å². The van der Waals surface area contributed by atoms with Crippen LogP contribution in [0.25, 0.3) is 0 Å². The Hall–Kier alpha value is -2.79. The average Bonchev–Trinajstić information content (AvgIpc) is 2.58. The SMILES string of the molecule is C=C.O=C(NC(=S)NC(=O)c1ccccc1)c1ccccc1. The van der Waals surface area contributed by atoms with E-state index < -0.39 is 0 Å². The largest absolute Gasteiger partial charge is 0.299 e. The molecule has 2 aromatic carbocycles. The van der Waals surface area contributed by atoms with E-state index in [1.807, 2.05) is 12.1 Å². The second kappa shape index (κ2) is 9.20. The molecule has 0 atom stereocenters. The first-order chi connectivity index (χ1) is 10.7. The number of hydrogen-bond acceptors (Lipinski definition) is 3. The molecule has 0 fully saturated rings. The van der Waals surface area contributed by atoms with E-state index in [1.54, 1.807) is 48.5 Å². The van der Waals surface area contributed by atoms with Gasteiger partial charge in [0.1, 0.15) is 0 Å². The van der Waals surface area contributed by atoms with Gasteiger partial charge in [-0.3, -0.25) is 20.2 Å². The van der Waals surface area contributed by atoms with Crippen LogP contribution < -0.4 is 10.6 Å². The minimum Gasteiger partial charge on any atom is -0.299 e. The summed E-state index contributed by atoms with van der Waals surface area (Å²) in [6.45, 7) is 6.00. The van der Waals surface area contributed by atoms with Crippen LogP contribution in [0.15, 0.2) is 73.8 Å². The zero-order valence-corrected chi connectivity index (χ0v) is 12.7. The van der Waals surface area contributed by atoms with Gasteiger partial charge in [0, 0.05) is 11.1 Å². The first-order valence-corrected chi connectivity index (χ1v) is 6.84. The highest BCUT2D eigenvalue weighted by Gasteiger charge is 2.10. The molecule has 0 radical (unpaired) electrons. The van der Waals surface area contributed by atoms with Crippen LogP contribution in [0.2, 0.25) is 0 Å². The van der Waals surface area contributed by atoms with Gasteiger partial charge in [0.15, 0.2) is 5.11 Å². The Bertz CT molecular complexity index is 587. The van der Waals surface area contributed by atoms with E-state index in [4.69, 9.17) is 12.2 Å². The second-order valence-electron chi connectivity index (χ2n) is 3.97. The maximum absolute atomic E-state index is 11.8. The van der Waals surface area contributed by atoms with Crippen molar-refractivity contribution in [1.82, 2.24) is 10.6 Å². The zero-order valence-electron chi connectivity index (χ0n) is 11.9. The molecule has 2 rings (SSSR count). The Morgan fingerprint density at radius 3 is 1.36 bits per heavy atom. The van der Waals surface area contributed by atoms with Crippen LogP contribution in [0.4, 0.5) is 0 Å². The molecule has 0 aliphatic carbocycles. The molecule has 0 spiro atoms. The third-order valence-corrected chi connectivity index (χ3v) is 2.73. The molecule has 22 heavy (non-hydrogen) atoms. The van der Waals surface area contributed by atoms with Crippen LogP contribution >= 0.6 is 12.2 Å². The standard InChI is InChI=1S/C15H12N2O2S.C2H4/c18-13(11-7-3-1-4-8-11)16-15(20)17-14(19)12-9-5-2-6-10-12;1-2/h1-10H,(H2,16,17,18,19,20);1-2H2. The molecule has 0 heterocycles. The molecule has 0 saturated heterocycles. The van der Waals surface area contributed by atoms with Gasteiger partial charge in [-0.2, -0.15) is 0 Å². The summed E-state index contributed by atoms with van der Waals surface area (Å²) in [6.07, 6.45) is 0. The van der Waals surface area contributed by atoms with E-state index in [2.05, 4.69) is 23.8 Å². The number of hydrogen-bond donors (Lipinski definition) is 2. The molecule has 5 heteroatoms. The van der Waals surface area contributed by atoms with Crippen LogP contribution in [-0.2, 0) is 0 Å². The maximum atomic E-state index is 11.8. The highest BCUT2D eigenvalue weighted by molar-refractivity contribution is 7.80. The van der Waals surface area contributed by atoms with Crippen LogP contribution in [0.5, 0.6) is 0 Å². The lowest BCUT2D eigenvalue weighted by atomic mass is 10.2. The van der Waals surface area contributed by atoms with Gasteiger partial charge in [-0.1, -0.05) is 36.4 Å². The van der Waals surface area contributed by atoms with E-state index in [1.165, 1.54) is 0 Å². The van der Waals surface area contributed by atoms with Crippen molar-refractivity contribution in [3.63, 3.8) is 0 Å². The van der Waals surface area contributed by atoms with Gasteiger partial charge >= 0.3 is 0 Å². The first kappa shape index (κ1) is 17.3. The molecule has 0 aromatic heterocycles. The highest BCUT2D eigenvalue weighted by Crippen LogP contribution is 1.99. The summed E-state index contributed by atoms with van der Waals surface area (Å²) in [5.41, 5.74) is 0.952. The van der Waals surface area contributed by atoms with Gasteiger partial charge in [-0.05, 0) is 36.5 Å². The zero-order chi connectivity index (χ0) is 16.4. The van der Waals surface area contributed by atoms with Gasteiger partial charge in [0.05, 0.1) is 0 Å². The van der Waals surface area contributed by atoms with E-state index in [-0.39, 0.29) is 16.9 Å². The number of carbonyl (C=O) groups excluding carboxylic acids is 2. The summed E-state index contributed by atoms with van der Waals surface area (Å²) < 4.78 is 0. The number of amides is 2. The molecule has 2 amide bonds. The van der Waals surface area contributed by atoms with Crippen molar-refractivity contribution in [1.29, 1.82) is 0 Å². The summed E-state index contributed by atoms with van der Waals surface area (Å²) in [4.78, 5) is 23.6. The molecule has 0 bridgehead atoms. The number of rotatable bonds is 2. The Balaban J connectivity index is 0.00000116. The predicted molar refractivity (Wildman–Crippen MR) is 91.7 cm³/mol. The van der Waals surface area contributed by atoms with Gasteiger partial charge < -0.3 is 0 Å².